The van der Waals surface area contributed by atoms with E-state index in [4.69, 9.17) is 5.73 Å². The summed E-state index contributed by atoms with van der Waals surface area (Å²) in [6.07, 6.45) is 3.74. The Morgan fingerprint density at radius 1 is 1.06 bits per heavy atom. The predicted molar refractivity (Wildman–Crippen MR) is 69.9 cm³/mol. The fraction of sp³-hybridized carbons (Fsp3) is 0.214. The number of hydrogen-bond acceptors (Lipinski definition) is 2. The van der Waals surface area contributed by atoms with Crippen LogP contribution in [0.15, 0.2) is 53.5 Å². The van der Waals surface area contributed by atoms with Gasteiger partial charge in [-0.05, 0) is 36.6 Å². The lowest BCUT2D eigenvalue weighted by Crippen LogP contribution is -2.17. The highest BCUT2D eigenvalue weighted by molar-refractivity contribution is 5.39. The minimum atomic E-state index is 0.0600. The van der Waals surface area contributed by atoms with Crippen LogP contribution in [0.25, 0.3) is 0 Å². The molecular formula is C14H16N2O. The van der Waals surface area contributed by atoms with E-state index in [-0.39, 0.29) is 5.56 Å². The average molecular weight is 228 g/mol. The minimum absolute atomic E-state index is 0.0600. The van der Waals surface area contributed by atoms with E-state index >= 15 is 0 Å². The summed E-state index contributed by atoms with van der Waals surface area (Å²) in [7, 11) is 0. The lowest BCUT2D eigenvalue weighted by molar-refractivity contribution is 0.622. The van der Waals surface area contributed by atoms with Crippen LogP contribution in [0.3, 0.4) is 0 Å². The third-order valence-electron chi connectivity index (χ3n) is 2.74. The first-order chi connectivity index (χ1) is 8.25. The summed E-state index contributed by atoms with van der Waals surface area (Å²) in [6.45, 7) is 0.754. The molecule has 0 saturated carbocycles. The maximum absolute atomic E-state index is 11.5. The molecule has 1 aromatic carbocycles. The van der Waals surface area contributed by atoms with Crippen LogP contribution in [0.4, 0.5) is 5.69 Å². The summed E-state index contributed by atoms with van der Waals surface area (Å²) in [5.41, 5.74) is 7.72. The molecule has 0 aliphatic heterocycles. The van der Waals surface area contributed by atoms with Gasteiger partial charge in [-0.15, -0.1) is 0 Å². The molecule has 1 aromatic heterocycles. The van der Waals surface area contributed by atoms with Gasteiger partial charge in [0, 0.05) is 24.5 Å². The molecule has 0 unspecified atom stereocenters. The molecule has 0 radical (unpaired) electrons. The molecule has 17 heavy (non-hydrogen) atoms. The van der Waals surface area contributed by atoms with Gasteiger partial charge in [-0.2, -0.15) is 0 Å². The van der Waals surface area contributed by atoms with Gasteiger partial charge < -0.3 is 10.3 Å². The Morgan fingerprint density at radius 2 is 1.82 bits per heavy atom. The SMILES string of the molecule is Nc1ccc(CCCn2ccccc2=O)cc1. The van der Waals surface area contributed by atoms with Gasteiger partial charge in [0.05, 0.1) is 0 Å². The third-order valence-corrected chi connectivity index (χ3v) is 2.74. The van der Waals surface area contributed by atoms with Gasteiger partial charge in [0.2, 0.25) is 5.56 Å². The van der Waals surface area contributed by atoms with Crippen molar-refractivity contribution in [1.82, 2.24) is 4.57 Å². The van der Waals surface area contributed by atoms with Gasteiger partial charge in [0.15, 0.2) is 0 Å². The lowest BCUT2D eigenvalue weighted by Gasteiger charge is -2.05. The fourth-order valence-corrected chi connectivity index (χ4v) is 1.78. The van der Waals surface area contributed by atoms with Crippen LogP contribution in [-0.2, 0) is 13.0 Å². The first kappa shape index (κ1) is 11.5. The van der Waals surface area contributed by atoms with Crippen LogP contribution in [-0.4, -0.2) is 4.57 Å². The second-order valence-corrected chi connectivity index (χ2v) is 4.08. The molecule has 88 valence electrons. The van der Waals surface area contributed by atoms with Crippen LogP contribution in [0.2, 0.25) is 0 Å². The highest BCUT2D eigenvalue weighted by Crippen LogP contribution is 2.07. The molecule has 0 aliphatic rings. The van der Waals surface area contributed by atoms with Crippen molar-refractivity contribution >= 4 is 5.69 Å². The Kier molecular flexibility index (Phi) is 3.60. The summed E-state index contributed by atoms with van der Waals surface area (Å²) >= 11 is 0. The number of aryl methyl sites for hydroxylation is 2. The zero-order valence-electron chi connectivity index (χ0n) is 9.67. The monoisotopic (exact) mass is 228 g/mol. The molecule has 0 saturated heterocycles. The third kappa shape index (κ3) is 3.21. The van der Waals surface area contributed by atoms with Crippen LogP contribution in [0.1, 0.15) is 12.0 Å². The molecule has 0 amide bonds. The standard InChI is InChI=1S/C14H16N2O/c15-13-8-6-12(7-9-13)4-3-11-16-10-2-1-5-14(16)17/h1-2,5-10H,3-4,11,15H2. The highest BCUT2D eigenvalue weighted by atomic mass is 16.1. The van der Waals surface area contributed by atoms with Crippen molar-refractivity contribution in [1.29, 1.82) is 0 Å². The fourth-order valence-electron chi connectivity index (χ4n) is 1.78. The lowest BCUT2D eigenvalue weighted by atomic mass is 10.1. The molecule has 3 heteroatoms. The first-order valence-corrected chi connectivity index (χ1v) is 5.75. The molecule has 2 aromatic rings. The van der Waals surface area contributed by atoms with Crippen LogP contribution in [0, 0.1) is 0 Å². The van der Waals surface area contributed by atoms with Gasteiger partial charge in [-0.25, -0.2) is 0 Å². The van der Waals surface area contributed by atoms with Gasteiger partial charge in [0.1, 0.15) is 0 Å². The van der Waals surface area contributed by atoms with E-state index in [9.17, 15) is 4.79 Å². The number of aromatic nitrogens is 1. The van der Waals surface area contributed by atoms with E-state index in [1.54, 1.807) is 16.7 Å². The van der Waals surface area contributed by atoms with E-state index in [1.165, 1.54) is 5.56 Å². The molecule has 0 aliphatic carbocycles. The molecule has 0 bridgehead atoms. The van der Waals surface area contributed by atoms with Gasteiger partial charge in [0.25, 0.3) is 0 Å². The van der Waals surface area contributed by atoms with Crippen molar-refractivity contribution in [3.63, 3.8) is 0 Å². The number of rotatable bonds is 4. The Labute approximate surface area is 101 Å². The van der Waals surface area contributed by atoms with E-state index in [1.807, 2.05) is 36.5 Å². The Morgan fingerprint density at radius 3 is 2.53 bits per heavy atom. The Bertz CT molecular complexity index is 528. The number of hydrogen-bond donors (Lipinski definition) is 1. The normalized spacial score (nSPS) is 10.4. The maximum Gasteiger partial charge on any atom is 0.250 e. The second kappa shape index (κ2) is 5.34. The molecule has 2 N–H and O–H groups in total. The molecule has 0 atom stereocenters. The molecule has 3 nitrogen and oxygen atoms in total. The van der Waals surface area contributed by atoms with Gasteiger partial charge in [-0.1, -0.05) is 18.2 Å². The molecule has 0 spiro atoms. The highest BCUT2D eigenvalue weighted by Gasteiger charge is 1.96. The van der Waals surface area contributed by atoms with E-state index in [0.717, 1.165) is 25.1 Å². The predicted octanol–water partition coefficient (Wildman–Crippen LogP) is 2.06. The average Bonchev–Trinajstić information content (AvgIpc) is 2.34. The number of pyridine rings is 1. The van der Waals surface area contributed by atoms with Crippen molar-refractivity contribution in [2.24, 2.45) is 0 Å². The van der Waals surface area contributed by atoms with Crippen LogP contribution >= 0.6 is 0 Å². The van der Waals surface area contributed by atoms with Crippen molar-refractivity contribution in [3.05, 3.63) is 64.6 Å². The summed E-state index contributed by atoms with van der Waals surface area (Å²) in [5.74, 6) is 0. The topological polar surface area (TPSA) is 48.0 Å². The number of nitrogens with two attached hydrogens (primary N) is 1. The summed E-state index contributed by atoms with van der Waals surface area (Å²) in [6, 6.07) is 13.1. The van der Waals surface area contributed by atoms with Crippen LogP contribution < -0.4 is 11.3 Å². The zero-order chi connectivity index (χ0) is 12.1. The quantitative estimate of drug-likeness (QED) is 0.814. The van der Waals surface area contributed by atoms with Crippen molar-refractivity contribution in [2.45, 2.75) is 19.4 Å². The number of nitrogen functional groups attached to an aromatic ring is 1. The van der Waals surface area contributed by atoms with E-state index in [2.05, 4.69) is 0 Å². The van der Waals surface area contributed by atoms with E-state index in [0.29, 0.717) is 0 Å². The number of anilines is 1. The second-order valence-electron chi connectivity index (χ2n) is 4.08. The molecule has 1 heterocycles. The van der Waals surface area contributed by atoms with Crippen molar-refractivity contribution in [2.75, 3.05) is 5.73 Å². The minimum Gasteiger partial charge on any atom is -0.399 e. The Hall–Kier alpha value is -2.03. The first-order valence-electron chi connectivity index (χ1n) is 5.75. The van der Waals surface area contributed by atoms with E-state index < -0.39 is 0 Å². The number of nitrogens with zero attached hydrogens (tertiary/aromatic N) is 1. The van der Waals surface area contributed by atoms with Gasteiger partial charge >= 0.3 is 0 Å². The van der Waals surface area contributed by atoms with Gasteiger partial charge in [-0.3, -0.25) is 4.79 Å². The summed E-state index contributed by atoms with van der Waals surface area (Å²) < 4.78 is 1.73. The largest absolute Gasteiger partial charge is 0.399 e. The summed E-state index contributed by atoms with van der Waals surface area (Å²) in [4.78, 5) is 11.5. The number of benzene rings is 1. The van der Waals surface area contributed by atoms with Crippen molar-refractivity contribution < 1.29 is 0 Å². The molecular weight excluding hydrogens is 212 g/mol. The molecule has 2 rings (SSSR count). The zero-order valence-corrected chi connectivity index (χ0v) is 9.67. The smallest absolute Gasteiger partial charge is 0.250 e. The van der Waals surface area contributed by atoms with Crippen molar-refractivity contribution in [3.8, 4) is 0 Å². The maximum atomic E-state index is 11.5. The summed E-state index contributed by atoms with van der Waals surface area (Å²) in [5, 5.41) is 0. The Balaban J connectivity index is 1.90. The molecule has 0 fully saturated rings. The van der Waals surface area contributed by atoms with Crippen LogP contribution in [0.5, 0.6) is 0 Å².